The second kappa shape index (κ2) is 8.14. The highest BCUT2D eigenvalue weighted by molar-refractivity contribution is 5.99. The molecule has 0 spiro atoms. The zero-order chi connectivity index (χ0) is 21.3. The van der Waals surface area contributed by atoms with Gasteiger partial charge >= 0.3 is 11.6 Å². The van der Waals surface area contributed by atoms with Gasteiger partial charge in [-0.3, -0.25) is 9.59 Å². The molecule has 0 saturated carbocycles. The Morgan fingerprint density at radius 3 is 2.63 bits per heavy atom. The third-order valence-electron chi connectivity index (χ3n) is 5.47. The Kier molecular flexibility index (Phi) is 5.40. The van der Waals surface area contributed by atoms with Gasteiger partial charge in [0.15, 0.2) is 0 Å². The van der Waals surface area contributed by atoms with Crippen LogP contribution in [-0.2, 0) is 27.4 Å². The summed E-state index contributed by atoms with van der Waals surface area (Å²) in [7, 11) is 0. The molecule has 1 aliphatic heterocycles. The number of esters is 1. The number of carbonyl (C=O) groups is 2. The van der Waals surface area contributed by atoms with Crippen LogP contribution in [0.3, 0.4) is 0 Å². The molecule has 0 aliphatic carbocycles. The number of carbonyl (C=O) groups excluding carboxylic acids is 2. The highest BCUT2D eigenvalue weighted by atomic mass is 16.5. The van der Waals surface area contributed by atoms with Gasteiger partial charge in [-0.15, -0.1) is 0 Å². The van der Waals surface area contributed by atoms with Crippen LogP contribution in [0, 0.1) is 12.8 Å². The first kappa shape index (κ1) is 19.9. The molecule has 1 fully saturated rings. The van der Waals surface area contributed by atoms with Crippen molar-refractivity contribution in [2.45, 2.75) is 33.3 Å². The van der Waals surface area contributed by atoms with Crippen molar-refractivity contribution in [1.82, 2.24) is 0 Å². The standard InChI is InChI=1S/C24H23NO5/c1-3-16-5-7-19(8-6-16)25-13-17(11-22(25)26)24(28)29-14-18-12-23(27)30-21-10-15(2)4-9-20(18)21/h4-10,12,17H,3,11,13-14H2,1-2H3. The van der Waals surface area contributed by atoms with E-state index in [0.29, 0.717) is 17.7 Å². The predicted octanol–water partition coefficient (Wildman–Crippen LogP) is 3.76. The minimum Gasteiger partial charge on any atom is -0.461 e. The average Bonchev–Trinajstić information content (AvgIpc) is 3.13. The molecule has 6 nitrogen and oxygen atoms in total. The molecule has 0 radical (unpaired) electrons. The Morgan fingerprint density at radius 2 is 1.90 bits per heavy atom. The highest BCUT2D eigenvalue weighted by Gasteiger charge is 2.36. The molecule has 1 unspecified atom stereocenters. The molecule has 30 heavy (non-hydrogen) atoms. The van der Waals surface area contributed by atoms with E-state index in [1.807, 2.05) is 43.3 Å². The maximum atomic E-state index is 12.6. The van der Waals surface area contributed by atoms with Gasteiger partial charge in [0.2, 0.25) is 5.91 Å². The SMILES string of the molecule is CCc1ccc(N2CC(C(=O)OCc3cc(=O)oc4cc(C)ccc34)CC2=O)cc1. The Balaban J connectivity index is 1.45. The smallest absolute Gasteiger partial charge is 0.336 e. The summed E-state index contributed by atoms with van der Waals surface area (Å²) in [6.45, 7) is 4.23. The second-order valence-electron chi connectivity index (χ2n) is 7.62. The highest BCUT2D eigenvalue weighted by Crippen LogP contribution is 2.27. The van der Waals surface area contributed by atoms with Gasteiger partial charge in [0.1, 0.15) is 12.2 Å². The molecule has 0 N–H and O–H groups in total. The van der Waals surface area contributed by atoms with Crippen molar-refractivity contribution < 1.29 is 18.7 Å². The minimum atomic E-state index is -0.531. The van der Waals surface area contributed by atoms with Gasteiger partial charge in [0.25, 0.3) is 0 Å². The minimum absolute atomic E-state index is 0.0418. The van der Waals surface area contributed by atoms with E-state index in [-0.39, 0.29) is 18.9 Å². The number of ether oxygens (including phenoxy) is 1. The molecule has 6 heteroatoms. The summed E-state index contributed by atoms with van der Waals surface area (Å²) in [4.78, 5) is 38.5. The number of hydrogen-bond donors (Lipinski definition) is 0. The maximum Gasteiger partial charge on any atom is 0.336 e. The molecule has 2 aromatic carbocycles. The molecule has 1 aliphatic rings. The second-order valence-corrected chi connectivity index (χ2v) is 7.62. The normalized spacial score (nSPS) is 16.3. The molecule has 1 amide bonds. The molecule has 1 saturated heterocycles. The van der Waals surface area contributed by atoms with E-state index in [4.69, 9.17) is 9.15 Å². The van der Waals surface area contributed by atoms with E-state index in [1.54, 1.807) is 11.0 Å². The number of amides is 1. The number of hydrogen-bond acceptors (Lipinski definition) is 5. The fraction of sp³-hybridized carbons (Fsp3) is 0.292. The number of anilines is 1. The summed E-state index contributed by atoms with van der Waals surface area (Å²) >= 11 is 0. The van der Waals surface area contributed by atoms with Crippen molar-refractivity contribution in [3.63, 3.8) is 0 Å². The monoisotopic (exact) mass is 405 g/mol. The maximum absolute atomic E-state index is 12.6. The first-order valence-corrected chi connectivity index (χ1v) is 10.0. The molecule has 0 bridgehead atoms. The summed E-state index contributed by atoms with van der Waals surface area (Å²) in [6, 6.07) is 14.7. The Morgan fingerprint density at radius 1 is 1.13 bits per heavy atom. The first-order chi connectivity index (χ1) is 14.4. The van der Waals surface area contributed by atoms with Crippen LogP contribution >= 0.6 is 0 Å². The van der Waals surface area contributed by atoms with Crippen LogP contribution in [0.4, 0.5) is 5.69 Å². The van der Waals surface area contributed by atoms with Crippen molar-refractivity contribution in [3.05, 3.63) is 75.6 Å². The van der Waals surface area contributed by atoms with Crippen LogP contribution in [0.25, 0.3) is 11.0 Å². The van der Waals surface area contributed by atoms with Crippen molar-refractivity contribution >= 4 is 28.5 Å². The first-order valence-electron chi connectivity index (χ1n) is 10.0. The lowest BCUT2D eigenvalue weighted by atomic mass is 10.1. The van der Waals surface area contributed by atoms with Gasteiger partial charge in [-0.2, -0.15) is 0 Å². The van der Waals surface area contributed by atoms with Crippen molar-refractivity contribution in [3.8, 4) is 0 Å². The van der Waals surface area contributed by atoms with Gasteiger partial charge in [0, 0.05) is 35.7 Å². The van der Waals surface area contributed by atoms with Gasteiger partial charge in [-0.05, 0) is 42.7 Å². The van der Waals surface area contributed by atoms with Gasteiger partial charge in [-0.25, -0.2) is 4.79 Å². The third kappa shape index (κ3) is 3.99. The van der Waals surface area contributed by atoms with E-state index in [9.17, 15) is 14.4 Å². The molecule has 4 rings (SSSR count). The van der Waals surface area contributed by atoms with Crippen LogP contribution in [0.15, 0.2) is 57.7 Å². The van der Waals surface area contributed by atoms with Gasteiger partial charge < -0.3 is 14.1 Å². The van der Waals surface area contributed by atoms with Crippen LogP contribution in [0.1, 0.15) is 30.0 Å². The molecular formula is C24H23NO5. The van der Waals surface area contributed by atoms with Crippen LogP contribution in [-0.4, -0.2) is 18.4 Å². The van der Waals surface area contributed by atoms with E-state index >= 15 is 0 Å². The average molecular weight is 405 g/mol. The number of aryl methyl sites for hydroxylation is 2. The number of rotatable bonds is 5. The Bertz CT molecular complexity index is 1160. The van der Waals surface area contributed by atoms with Gasteiger partial charge in [-0.1, -0.05) is 31.2 Å². The lowest BCUT2D eigenvalue weighted by Crippen LogP contribution is -2.26. The lowest BCUT2D eigenvalue weighted by Gasteiger charge is -2.17. The number of fused-ring (bicyclic) bond motifs is 1. The largest absolute Gasteiger partial charge is 0.461 e. The fourth-order valence-electron chi connectivity index (χ4n) is 3.75. The van der Waals surface area contributed by atoms with E-state index in [2.05, 4.69) is 6.92 Å². The topological polar surface area (TPSA) is 76.8 Å². The van der Waals surface area contributed by atoms with Crippen molar-refractivity contribution in [2.24, 2.45) is 5.92 Å². The zero-order valence-corrected chi connectivity index (χ0v) is 17.0. The van der Waals surface area contributed by atoms with E-state index in [1.165, 1.54) is 11.6 Å². The van der Waals surface area contributed by atoms with Crippen LogP contribution in [0.5, 0.6) is 0 Å². The zero-order valence-electron chi connectivity index (χ0n) is 17.0. The summed E-state index contributed by atoms with van der Waals surface area (Å²) in [6.07, 6.45) is 1.04. The summed E-state index contributed by atoms with van der Waals surface area (Å²) in [5, 5.41) is 0.730. The third-order valence-corrected chi connectivity index (χ3v) is 5.47. The molecule has 3 aromatic rings. The molecule has 1 atom stereocenters. The van der Waals surface area contributed by atoms with Crippen molar-refractivity contribution in [2.75, 3.05) is 11.4 Å². The molecule has 154 valence electrons. The number of nitrogens with zero attached hydrogens (tertiary/aromatic N) is 1. The lowest BCUT2D eigenvalue weighted by molar-refractivity contribution is -0.149. The fourth-order valence-corrected chi connectivity index (χ4v) is 3.75. The summed E-state index contributed by atoms with van der Waals surface area (Å²) in [5.41, 5.74) is 3.51. The van der Waals surface area contributed by atoms with Gasteiger partial charge in [0.05, 0.1) is 5.92 Å². The van der Waals surface area contributed by atoms with E-state index < -0.39 is 17.5 Å². The summed E-state index contributed by atoms with van der Waals surface area (Å²) in [5.74, 6) is -1.07. The number of benzene rings is 2. The molecule has 1 aromatic heterocycles. The molecular weight excluding hydrogens is 382 g/mol. The Hall–Kier alpha value is -3.41. The summed E-state index contributed by atoms with van der Waals surface area (Å²) < 4.78 is 10.7. The van der Waals surface area contributed by atoms with Crippen LogP contribution < -0.4 is 10.5 Å². The molecule has 2 heterocycles. The predicted molar refractivity (Wildman–Crippen MR) is 113 cm³/mol. The van der Waals surface area contributed by atoms with E-state index in [0.717, 1.165) is 23.1 Å². The van der Waals surface area contributed by atoms with Crippen LogP contribution in [0.2, 0.25) is 0 Å². The van der Waals surface area contributed by atoms with Crippen molar-refractivity contribution in [1.29, 1.82) is 0 Å². The quantitative estimate of drug-likeness (QED) is 0.477. The Labute approximate surface area is 174 Å².